The smallest absolute Gasteiger partial charge is 0.407 e. The van der Waals surface area contributed by atoms with E-state index in [9.17, 15) is 9.90 Å². The van der Waals surface area contributed by atoms with E-state index in [0.717, 1.165) is 39.3 Å². The van der Waals surface area contributed by atoms with Crippen LogP contribution in [0.15, 0.2) is 42.5 Å². The summed E-state index contributed by atoms with van der Waals surface area (Å²) < 4.78 is 1.93. The Kier molecular flexibility index (Phi) is 3.93. The van der Waals surface area contributed by atoms with E-state index in [2.05, 4.69) is 6.07 Å². The Labute approximate surface area is 156 Å². The number of aryl methyl sites for hydroxylation is 2. The fourth-order valence-electron chi connectivity index (χ4n) is 3.65. The Morgan fingerprint density at radius 3 is 2.37 bits per heavy atom. The van der Waals surface area contributed by atoms with Gasteiger partial charge in [0, 0.05) is 11.1 Å². The van der Waals surface area contributed by atoms with Crippen LogP contribution in [0.2, 0.25) is 0 Å². The zero-order valence-corrected chi connectivity index (χ0v) is 15.1. The van der Waals surface area contributed by atoms with Crippen molar-refractivity contribution in [2.24, 2.45) is 0 Å². The highest BCUT2D eigenvalue weighted by atomic mass is 16.4. The van der Waals surface area contributed by atoms with Crippen molar-refractivity contribution in [3.8, 4) is 23.0 Å². The molecule has 0 radical (unpaired) electrons. The number of aromatic nitrogens is 2. The maximum atomic E-state index is 11.4. The third kappa shape index (κ3) is 2.74. The molecule has 2 aromatic carbocycles. The molecule has 4 rings (SSSR count). The molecule has 0 bridgehead atoms. The van der Waals surface area contributed by atoms with Gasteiger partial charge in [-0.05, 0) is 37.1 Å². The maximum absolute atomic E-state index is 11.4. The van der Waals surface area contributed by atoms with Crippen LogP contribution < -0.4 is 0 Å². The standard InChI is InChI=1S/C21H18N4O2/c1-13-4-3-5-14(2)19(13)25-20(16-8-6-15(10-22)7-9-16)17-11-24(21(26)27)12-18(17)23-25/h3-9H,11-12H2,1-2H3,(H,26,27). The fraction of sp³-hybridized carbons (Fsp3) is 0.190. The first-order chi connectivity index (χ1) is 13.0. The Morgan fingerprint density at radius 2 is 1.78 bits per heavy atom. The summed E-state index contributed by atoms with van der Waals surface area (Å²) in [7, 11) is 0. The molecule has 1 aromatic heterocycles. The lowest BCUT2D eigenvalue weighted by molar-refractivity contribution is 0.144. The van der Waals surface area contributed by atoms with Crippen LogP contribution in [0.25, 0.3) is 16.9 Å². The summed E-state index contributed by atoms with van der Waals surface area (Å²) in [5.74, 6) is 0. The van der Waals surface area contributed by atoms with E-state index < -0.39 is 6.09 Å². The van der Waals surface area contributed by atoms with Gasteiger partial charge in [0.1, 0.15) is 0 Å². The first-order valence-electron chi connectivity index (χ1n) is 8.65. The number of rotatable bonds is 2. The lowest BCUT2D eigenvalue weighted by atomic mass is 10.0. The summed E-state index contributed by atoms with van der Waals surface area (Å²) in [5.41, 5.74) is 7.29. The van der Waals surface area contributed by atoms with Gasteiger partial charge in [-0.2, -0.15) is 10.4 Å². The molecule has 134 valence electrons. The van der Waals surface area contributed by atoms with Crippen molar-refractivity contribution in [3.63, 3.8) is 0 Å². The normalized spacial score (nSPS) is 12.7. The van der Waals surface area contributed by atoms with Gasteiger partial charge >= 0.3 is 6.09 Å². The molecular formula is C21H18N4O2. The number of nitrogens with zero attached hydrogens (tertiary/aromatic N) is 4. The summed E-state index contributed by atoms with van der Waals surface area (Å²) in [6.07, 6.45) is -0.947. The average molecular weight is 358 g/mol. The molecule has 0 unspecified atom stereocenters. The van der Waals surface area contributed by atoms with Gasteiger partial charge in [0.15, 0.2) is 0 Å². The van der Waals surface area contributed by atoms with E-state index in [1.807, 2.05) is 48.9 Å². The second-order valence-corrected chi connectivity index (χ2v) is 6.75. The quantitative estimate of drug-likeness (QED) is 0.750. The van der Waals surface area contributed by atoms with Gasteiger partial charge in [0.25, 0.3) is 0 Å². The summed E-state index contributed by atoms with van der Waals surface area (Å²) >= 11 is 0. The van der Waals surface area contributed by atoms with Gasteiger partial charge in [-0.3, -0.25) is 4.90 Å². The number of hydrogen-bond acceptors (Lipinski definition) is 3. The number of amides is 1. The Bertz CT molecular complexity index is 1070. The van der Waals surface area contributed by atoms with Crippen LogP contribution in [0.1, 0.15) is 27.9 Å². The van der Waals surface area contributed by atoms with E-state index in [1.54, 1.807) is 12.1 Å². The van der Waals surface area contributed by atoms with Crippen molar-refractivity contribution in [3.05, 3.63) is 70.4 Å². The van der Waals surface area contributed by atoms with Gasteiger partial charge in [-0.15, -0.1) is 0 Å². The van der Waals surface area contributed by atoms with E-state index >= 15 is 0 Å². The van der Waals surface area contributed by atoms with Crippen LogP contribution in [0.5, 0.6) is 0 Å². The van der Waals surface area contributed by atoms with Gasteiger partial charge in [-0.1, -0.05) is 30.3 Å². The second kappa shape index (κ2) is 6.29. The molecule has 0 saturated carbocycles. The molecule has 2 heterocycles. The summed E-state index contributed by atoms with van der Waals surface area (Å²) in [5, 5.41) is 23.2. The van der Waals surface area contributed by atoms with Crippen LogP contribution in [0.4, 0.5) is 4.79 Å². The summed E-state index contributed by atoms with van der Waals surface area (Å²) in [4.78, 5) is 12.8. The van der Waals surface area contributed by atoms with Crippen LogP contribution in [-0.2, 0) is 13.1 Å². The monoisotopic (exact) mass is 358 g/mol. The first-order valence-corrected chi connectivity index (χ1v) is 8.65. The number of benzene rings is 2. The highest BCUT2D eigenvalue weighted by molar-refractivity contribution is 5.72. The van der Waals surface area contributed by atoms with E-state index in [1.165, 1.54) is 4.90 Å². The second-order valence-electron chi connectivity index (χ2n) is 6.75. The molecule has 1 aliphatic rings. The van der Waals surface area contributed by atoms with Crippen molar-refractivity contribution in [1.29, 1.82) is 5.26 Å². The Balaban J connectivity index is 1.94. The number of para-hydroxylation sites is 1. The van der Waals surface area contributed by atoms with Gasteiger partial charge < -0.3 is 5.11 Å². The highest BCUT2D eigenvalue weighted by Crippen LogP contribution is 2.36. The number of hydrogen-bond donors (Lipinski definition) is 1. The molecule has 1 N–H and O–H groups in total. The Hall–Kier alpha value is -3.59. The predicted molar refractivity (Wildman–Crippen MR) is 100 cm³/mol. The zero-order chi connectivity index (χ0) is 19.1. The number of carboxylic acid groups (broad SMARTS) is 1. The van der Waals surface area contributed by atoms with Crippen molar-refractivity contribution < 1.29 is 9.90 Å². The van der Waals surface area contributed by atoms with Crippen molar-refractivity contribution in [2.45, 2.75) is 26.9 Å². The minimum absolute atomic E-state index is 0.284. The predicted octanol–water partition coefficient (Wildman–Crippen LogP) is 4.02. The first kappa shape index (κ1) is 16.9. The van der Waals surface area contributed by atoms with Crippen LogP contribution in [0, 0.1) is 25.2 Å². The molecule has 27 heavy (non-hydrogen) atoms. The molecule has 1 amide bonds. The third-order valence-corrected chi connectivity index (χ3v) is 4.97. The number of carbonyl (C=O) groups is 1. The molecule has 0 spiro atoms. The number of fused-ring (bicyclic) bond motifs is 1. The van der Waals surface area contributed by atoms with Crippen LogP contribution in [0.3, 0.4) is 0 Å². The topological polar surface area (TPSA) is 82.2 Å². The van der Waals surface area contributed by atoms with Crippen LogP contribution >= 0.6 is 0 Å². The molecule has 1 aliphatic heterocycles. The minimum atomic E-state index is -0.947. The van der Waals surface area contributed by atoms with E-state index in [0.29, 0.717) is 12.1 Å². The maximum Gasteiger partial charge on any atom is 0.407 e. The summed E-state index contributed by atoms with van der Waals surface area (Å²) in [6, 6.07) is 15.6. The lowest BCUT2D eigenvalue weighted by Crippen LogP contribution is -2.24. The fourth-order valence-corrected chi connectivity index (χ4v) is 3.65. The highest BCUT2D eigenvalue weighted by Gasteiger charge is 2.31. The van der Waals surface area contributed by atoms with Crippen molar-refractivity contribution >= 4 is 6.09 Å². The van der Waals surface area contributed by atoms with E-state index in [4.69, 9.17) is 10.4 Å². The van der Waals surface area contributed by atoms with Crippen molar-refractivity contribution in [1.82, 2.24) is 14.7 Å². The SMILES string of the molecule is Cc1cccc(C)c1-n1nc2c(c1-c1ccc(C#N)cc1)CN(C(=O)O)C2. The largest absolute Gasteiger partial charge is 0.465 e. The molecule has 6 nitrogen and oxygen atoms in total. The molecular weight excluding hydrogens is 340 g/mol. The minimum Gasteiger partial charge on any atom is -0.465 e. The third-order valence-electron chi connectivity index (χ3n) is 4.97. The van der Waals surface area contributed by atoms with Crippen LogP contribution in [-0.4, -0.2) is 25.9 Å². The molecule has 0 aliphatic carbocycles. The molecule has 3 aromatic rings. The average Bonchev–Trinajstić information content (AvgIpc) is 3.20. The van der Waals surface area contributed by atoms with Gasteiger partial charge in [0.2, 0.25) is 0 Å². The Morgan fingerprint density at radius 1 is 1.11 bits per heavy atom. The zero-order valence-electron chi connectivity index (χ0n) is 15.1. The van der Waals surface area contributed by atoms with Gasteiger partial charge in [0.05, 0.1) is 41.8 Å². The molecule has 0 atom stereocenters. The van der Waals surface area contributed by atoms with Crippen molar-refractivity contribution in [2.75, 3.05) is 0 Å². The molecule has 6 heteroatoms. The molecule has 0 saturated heterocycles. The number of nitriles is 1. The van der Waals surface area contributed by atoms with E-state index in [-0.39, 0.29) is 6.54 Å². The van der Waals surface area contributed by atoms with Gasteiger partial charge in [-0.25, -0.2) is 9.48 Å². The lowest BCUT2D eigenvalue weighted by Gasteiger charge is -2.17. The summed E-state index contributed by atoms with van der Waals surface area (Å²) in [6.45, 7) is 4.68. The molecule has 0 fully saturated rings.